The summed E-state index contributed by atoms with van der Waals surface area (Å²) in [4.78, 5) is 0. The third-order valence-electron chi connectivity index (χ3n) is 3.36. The van der Waals surface area contributed by atoms with Crippen molar-refractivity contribution in [2.75, 3.05) is 12.8 Å². The molecule has 0 heterocycles. The van der Waals surface area contributed by atoms with E-state index in [1.807, 2.05) is 11.8 Å². The lowest BCUT2D eigenvalue weighted by Crippen LogP contribution is -2.41. The number of nitrogens with one attached hydrogen (secondary N) is 1. The number of oxime groups is 1. The molecule has 0 aromatic carbocycles. The van der Waals surface area contributed by atoms with E-state index in [9.17, 15) is 0 Å². The highest BCUT2D eigenvalue weighted by molar-refractivity contribution is 8.00. The molecule has 4 N–H and O–H groups in total. The molecule has 1 unspecified atom stereocenters. The topological polar surface area (TPSA) is 70.6 Å². The lowest BCUT2D eigenvalue weighted by molar-refractivity contribution is 0.315. The van der Waals surface area contributed by atoms with Crippen LogP contribution in [-0.4, -0.2) is 34.6 Å². The summed E-state index contributed by atoms with van der Waals surface area (Å²) in [5.74, 6) is 0.296. The van der Waals surface area contributed by atoms with Gasteiger partial charge in [-0.2, -0.15) is 11.8 Å². The van der Waals surface area contributed by atoms with E-state index in [0.717, 1.165) is 6.54 Å². The van der Waals surface area contributed by atoms with Gasteiger partial charge in [-0.3, -0.25) is 0 Å². The Kier molecular flexibility index (Phi) is 5.41. The predicted octanol–water partition coefficient (Wildman–Crippen LogP) is 1.78. The first-order chi connectivity index (χ1) is 7.62. The molecule has 0 saturated heterocycles. The molecule has 1 rings (SSSR count). The third kappa shape index (κ3) is 3.87. The van der Waals surface area contributed by atoms with E-state index in [-0.39, 0.29) is 6.04 Å². The van der Waals surface area contributed by atoms with Gasteiger partial charge in [-0.15, -0.1) is 0 Å². The van der Waals surface area contributed by atoms with Crippen LogP contribution >= 0.6 is 11.8 Å². The molecule has 0 radical (unpaired) electrons. The normalized spacial score (nSPS) is 22.2. The zero-order valence-electron chi connectivity index (χ0n) is 10.2. The molecule has 1 atom stereocenters. The lowest BCUT2D eigenvalue weighted by atomic mass is 10.1. The summed E-state index contributed by atoms with van der Waals surface area (Å²) in [5.41, 5.74) is 5.48. The minimum absolute atomic E-state index is 0.264. The van der Waals surface area contributed by atoms with Gasteiger partial charge >= 0.3 is 0 Å². The Morgan fingerprint density at radius 1 is 1.56 bits per heavy atom. The van der Waals surface area contributed by atoms with Gasteiger partial charge in [-0.1, -0.05) is 18.0 Å². The molecule has 0 amide bonds. The first-order valence-corrected chi connectivity index (χ1v) is 7.09. The molecule has 0 bridgehead atoms. The van der Waals surface area contributed by atoms with E-state index >= 15 is 0 Å². The Morgan fingerprint density at radius 2 is 2.19 bits per heavy atom. The Bertz CT molecular complexity index is 239. The molecule has 1 fully saturated rings. The van der Waals surface area contributed by atoms with E-state index in [1.165, 1.54) is 25.7 Å². The van der Waals surface area contributed by atoms with Crippen LogP contribution in [0.15, 0.2) is 5.16 Å². The third-order valence-corrected chi connectivity index (χ3v) is 4.78. The summed E-state index contributed by atoms with van der Waals surface area (Å²) >= 11 is 1.97. The second-order valence-electron chi connectivity index (χ2n) is 4.67. The molecule has 0 spiro atoms. The maximum atomic E-state index is 8.49. The van der Waals surface area contributed by atoms with Gasteiger partial charge in [0.2, 0.25) is 0 Å². The standard InChI is InChI=1S/C11H23N3OS/c1-9(7-10(12)14-15)13-8-11(16-2)5-3-4-6-11/h9,13,15H,3-8H2,1-2H3,(H2,12,14). The van der Waals surface area contributed by atoms with Crippen LogP contribution in [0.3, 0.4) is 0 Å². The van der Waals surface area contributed by atoms with Crippen LogP contribution < -0.4 is 11.1 Å². The fourth-order valence-electron chi connectivity index (χ4n) is 2.26. The molecular weight excluding hydrogens is 222 g/mol. The number of hydrogen-bond acceptors (Lipinski definition) is 4. The van der Waals surface area contributed by atoms with Crippen LogP contribution in [0.2, 0.25) is 0 Å². The van der Waals surface area contributed by atoms with Crippen molar-refractivity contribution in [3.8, 4) is 0 Å². The number of rotatable bonds is 6. The monoisotopic (exact) mass is 245 g/mol. The Hall–Kier alpha value is -0.420. The summed E-state index contributed by atoms with van der Waals surface area (Å²) in [7, 11) is 0. The minimum Gasteiger partial charge on any atom is -0.409 e. The van der Waals surface area contributed by atoms with Crippen LogP contribution in [0.25, 0.3) is 0 Å². The highest BCUT2D eigenvalue weighted by atomic mass is 32.2. The van der Waals surface area contributed by atoms with Crippen LogP contribution in [0, 0.1) is 0 Å². The summed E-state index contributed by atoms with van der Waals surface area (Å²) in [6.07, 6.45) is 8.09. The van der Waals surface area contributed by atoms with Crippen molar-refractivity contribution < 1.29 is 5.21 Å². The number of nitrogens with zero attached hydrogens (tertiary/aromatic N) is 1. The zero-order chi connectivity index (χ0) is 12.0. The van der Waals surface area contributed by atoms with Crippen molar-refractivity contribution in [3.05, 3.63) is 0 Å². The van der Waals surface area contributed by atoms with Gasteiger partial charge in [0, 0.05) is 23.8 Å². The Labute approximate surface area is 102 Å². The summed E-state index contributed by atoms with van der Waals surface area (Å²) in [6.45, 7) is 3.09. The average Bonchev–Trinajstić information content (AvgIpc) is 2.75. The molecule has 0 aromatic rings. The van der Waals surface area contributed by atoms with Gasteiger partial charge in [-0.05, 0) is 26.0 Å². The first-order valence-electron chi connectivity index (χ1n) is 5.87. The molecule has 0 aliphatic heterocycles. The van der Waals surface area contributed by atoms with Gasteiger partial charge < -0.3 is 16.3 Å². The first kappa shape index (κ1) is 13.6. The molecule has 4 nitrogen and oxygen atoms in total. The molecule has 1 saturated carbocycles. The van der Waals surface area contributed by atoms with E-state index < -0.39 is 0 Å². The quantitative estimate of drug-likeness (QED) is 0.289. The van der Waals surface area contributed by atoms with E-state index in [0.29, 0.717) is 17.0 Å². The molecule has 1 aliphatic rings. The van der Waals surface area contributed by atoms with Crippen molar-refractivity contribution in [1.82, 2.24) is 5.32 Å². The van der Waals surface area contributed by atoms with Crippen molar-refractivity contribution in [2.24, 2.45) is 10.9 Å². The molecule has 1 aliphatic carbocycles. The molecular formula is C11H23N3OS. The summed E-state index contributed by atoms with van der Waals surface area (Å²) in [6, 6.07) is 0.264. The fourth-order valence-corrected chi connectivity index (χ4v) is 3.18. The Morgan fingerprint density at radius 3 is 2.69 bits per heavy atom. The summed E-state index contributed by atoms with van der Waals surface area (Å²) < 4.78 is 0.416. The van der Waals surface area contributed by atoms with Crippen molar-refractivity contribution in [2.45, 2.75) is 49.8 Å². The van der Waals surface area contributed by atoms with E-state index in [1.54, 1.807) is 0 Å². The maximum absolute atomic E-state index is 8.49. The smallest absolute Gasteiger partial charge is 0.140 e. The van der Waals surface area contributed by atoms with E-state index in [2.05, 4.69) is 23.7 Å². The maximum Gasteiger partial charge on any atom is 0.140 e. The van der Waals surface area contributed by atoms with Gasteiger partial charge in [0.15, 0.2) is 0 Å². The fraction of sp³-hybridized carbons (Fsp3) is 0.909. The van der Waals surface area contributed by atoms with Crippen molar-refractivity contribution >= 4 is 17.6 Å². The molecule has 5 heteroatoms. The highest BCUT2D eigenvalue weighted by Gasteiger charge is 2.32. The van der Waals surface area contributed by atoms with Gasteiger partial charge in [0.25, 0.3) is 0 Å². The van der Waals surface area contributed by atoms with Crippen LogP contribution in [0.4, 0.5) is 0 Å². The van der Waals surface area contributed by atoms with Crippen molar-refractivity contribution in [3.63, 3.8) is 0 Å². The minimum atomic E-state index is 0.264. The average molecular weight is 245 g/mol. The highest BCUT2D eigenvalue weighted by Crippen LogP contribution is 2.39. The number of amidine groups is 1. The number of nitrogens with two attached hydrogens (primary N) is 1. The van der Waals surface area contributed by atoms with Crippen LogP contribution in [0.5, 0.6) is 0 Å². The molecule has 94 valence electrons. The number of hydrogen-bond donors (Lipinski definition) is 3. The van der Waals surface area contributed by atoms with Gasteiger partial charge in [0.05, 0.1) is 0 Å². The second kappa shape index (κ2) is 6.35. The molecule has 16 heavy (non-hydrogen) atoms. The van der Waals surface area contributed by atoms with Gasteiger partial charge in [0.1, 0.15) is 5.84 Å². The zero-order valence-corrected chi connectivity index (χ0v) is 11.0. The SMILES string of the molecule is CSC1(CNC(C)CC(N)=NO)CCCC1. The van der Waals surface area contributed by atoms with Crippen LogP contribution in [-0.2, 0) is 0 Å². The largest absolute Gasteiger partial charge is 0.409 e. The lowest BCUT2D eigenvalue weighted by Gasteiger charge is -2.28. The predicted molar refractivity (Wildman–Crippen MR) is 70.2 cm³/mol. The van der Waals surface area contributed by atoms with Gasteiger partial charge in [-0.25, -0.2) is 0 Å². The Balaban J connectivity index is 2.32. The summed E-state index contributed by atoms with van der Waals surface area (Å²) in [5, 5.41) is 15.0. The molecule has 0 aromatic heterocycles. The number of thioether (sulfide) groups is 1. The second-order valence-corrected chi connectivity index (χ2v) is 5.95. The van der Waals surface area contributed by atoms with Crippen molar-refractivity contribution in [1.29, 1.82) is 0 Å². The van der Waals surface area contributed by atoms with Crippen LogP contribution in [0.1, 0.15) is 39.0 Å². The van der Waals surface area contributed by atoms with E-state index in [4.69, 9.17) is 10.9 Å².